The van der Waals surface area contributed by atoms with E-state index in [9.17, 15) is 26.9 Å². The Labute approximate surface area is 128 Å². The first kappa shape index (κ1) is 16.8. The molecular weight excluding hydrogens is 332 g/mol. The van der Waals surface area contributed by atoms with Crippen LogP contribution in [-0.4, -0.2) is 50.2 Å². The lowest BCUT2D eigenvalue weighted by atomic mass is 10.3. The average Bonchev–Trinajstić information content (AvgIpc) is 2.79. The standard InChI is InChI=1S/C12H16N2O6S2/c1-2-13(11-7-8-21(17,18)9-11)22(19,20)12-5-3-10(4-6-12)14(15)16/h3-6,11H,2,7-9H2,1H3. The minimum Gasteiger partial charge on any atom is -0.258 e. The normalized spacial score (nSPS) is 21.1. The summed E-state index contributed by atoms with van der Waals surface area (Å²) in [7, 11) is -7.09. The monoisotopic (exact) mass is 348 g/mol. The summed E-state index contributed by atoms with van der Waals surface area (Å²) in [5.41, 5.74) is -0.203. The summed E-state index contributed by atoms with van der Waals surface area (Å²) in [6.45, 7) is 1.77. The van der Waals surface area contributed by atoms with Crippen LogP contribution in [0.25, 0.3) is 0 Å². The summed E-state index contributed by atoms with van der Waals surface area (Å²) in [6, 6.07) is 3.98. The van der Waals surface area contributed by atoms with Gasteiger partial charge in [-0.1, -0.05) is 6.92 Å². The van der Waals surface area contributed by atoms with Gasteiger partial charge in [0.05, 0.1) is 21.3 Å². The molecule has 1 saturated heterocycles. The van der Waals surface area contributed by atoms with E-state index >= 15 is 0 Å². The number of nitro benzene ring substituents is 1. The van der Waals surface area contributed by atoms with Gasteiger partial charge in [-0.05, 0) is 18.6 Å². The van der Waals surface area contributed by atoms with Crippen molar-refractivity contribution in [2.24, 2.45) is 0 Å². The van der Waals surface area contributed by atoms with E-state index in [1.165, 1.54) is 12.1 Å². The molecule has 1 heterocycles. The number of nitrogens with zero attached hydrogens (tertiary/aromatic N) is 2. The van der Waals surface area contributed by atoms with Crippen molar-refractivity contribution in [1.82, 2.24) is 4.31 Å². The van der Waals surface area contributed by atoms with Crippen LogP contribution in [0.5, 0.6) is 0 Å². The molecule has 0 aliphatic carbocycles. The highest BCUT2D eigenvalue weighted by Gasteiger charge is 2.37. The van der Waals surface area contributed by atoms with Gasteiger partial charge in [-0.15, -0.1) is 0 Å². The molecule has 0 aromatic heterocycles. The van der Waals surface area contributed by atoms with Crippen molar-refractivity contribution < 1.29 is 21.8 Å². The second-order valence-corrected chi connectivity index (χ2v) is 9.14. The zero-order chi connectivity index (χ0) is 16.5. The van der Waals surface area contributed by atoms with Crippen LogP contribution in [0.1, 0.15) is 13.3 Å². The molecule has 0 radical (unpaired) electrons. The van der Waals surface area contributed by atoms with E-state index in [0.29, 0.717) is 0 Å². The lowest BCUT2D eigenvalue weighted by Crippen LogP contribution is -2.40. The fourth-order valence-corrected chi connectivity index (χ4v) is 5.99. The van der Waals surface area contributed by atoms with Crippen LogP contribution in [0.3, 0.4) is 0 Å². The number of hydrogen-bond acceptors (Lipinski definition) is 6. The van der Waals surface area contributed by atoms with Gasteiger partial charge < -0.3 is 0 Å². The molecular formula is C12H16N2O6S2. The first-order valence-electron chi connectivity index (χ1n) is 6.64. The SMILES string of the molecule is CCN(C1CCS(=O)(=O)C1)S(=O)(=O)c1ccc([N+](=O)[O-])cc1. The summed E-state index contributed by atoms with van der Waals surface area (Å²) in [4.78, 5) is 9.92. The van der Waals surface area contributed by atoms with Gasteiger partial charge in [0.25, 0.3) is 5.69 Å². The number of sulfonamides is 1. The molecule has 1 fully saturated rings. The molecule has 1 aliphatic rings. The maximum Gasteiger partial charge on any atom is 0.269 e. The predicted octanol–water partition coefficient (Wildman–Crippen LogP) is 0.792. The molecule has 1 atom stereocenters. The molecule has 1 unspecified atom stereocenters. The third kappa shape index (κ3) is 3.28. The van der Waals surface area contributed by atoms with Gasteiger partial charge in [0, 0.05) is 24.7 Å². The molecule has 22 heavy (non-hydrogen) atoms. The van der Waals surface area contributed by atoms with Crippen LogP contribution in [0.4, 0.5) is 5.69 Å². The quantitative estimate of drug-likeness (QED) is 0.574. The maximum atomic E-state index is 12.6. The largest absolute Gasteiger partial charge is 0.269 e. The minimum absolute atomic E-state index is 0.0239. The number of nitro groups is 1. The van der Waals surface area contributed by atoms with Crippen LogP contribution in [0, 0.1) is 10.1 Å². The van der Waals surface area contributed by atoms with Gasteiger partial charge in [0.15, 0.2) is 9.84 Å². The molecule has 122 valence electrons. The van der Waals surface area contributed by atoms with Crippen LogP contribution in [0.2, 0.25) is 0 Å². The lowest BCUT2D eigenvalue weighted by molar-refractivity contribution is -0.384. The maximum absolute atomic E-state index is 12.6. The first-order valence-corrected chi connectivity index (χ1v) is 9.90. The van der Waals surface area contributed by atoms with Crippen LogP contribution in [0.15, 0.2) is 29.2 Å². The average molecular weight is 348 g/mol. The Balaban J connectivity index is 2.33. The Morgan fingerprint density at radius 3 is 2.32 bits per heavy atom. The molecule has 0 spiro atoms. The third-order valence-corrected chi connectivity index (χ3v) is 7.37. The van der Waals surface area contributed by atoms with E-state index in [1.54, 1.807) is 6.92 Å². The molecule has 0 bridgehead atoms. The molecule has 2 rings (SSSR count). The van der Waals surface area contributed by atoms with Crippen molar-refractivity contribution in [3.05, 3.63) is 34.4 Å². The zero-order valence-corrected chi connectivity index (χ0v) is 13.5. The van der Waals surface area contributed by atoms with Gasteiger partial charge in [-0.3, -0.25) is 10.1 Å². The van der Waals surface area contributed by atoms with E-state index in [-0.39, 0.29) is 35.1 Å². The second-order valence-electron chi connectivity index (χ2n) is 5.02. The van der Waals surface area contributed by atoms with Crippen LogP contribution in [-0.2, 0) is 19.9 Å². The zero-order valence-electron chi connectivity index (χ0n) is 11.9. The number of hydrogen-bond donors (Lipinski definition) is 0. The lowest BCUT2D eigenvalue weighted by Gasteiger charge is -2.25. The van der Waals surface area contributed by atoms with E-state index in [2.05, 4.69) is 0 Å². The predicted molar refractivity (Wildman–Crippen MR) is 79.7 cm³/mol. The number of benzene rings is 1. The van der Waals surface area contributed by atoms with Crippen molar-refractivity contribution >= 4 is 25.5 Å². The molecule has 0 N–H and O–H groups in total. The van der Waals surface area contributed by atoms with Gasteiger partial charge >= 0.3 is 0 Å². The van der Waals surface area contributed by atoms with E-state index in [1.807, 2.05) is 0 Å². The molecule has 0 saturated carbocycles. The number of sulfone groups is 1. The van der Waals surface area contributed by atoms with E-state index in [4.69, 9.17) is 0 Å². The van der Waals surface area contributed by atoms with Gasteiger partial charge in [0.2, 0.25) is 10.0 Å². The van der Waals surface area contributed by atoms with E-state index in [0.717, 1.165) is 16.4 Å². The molecule has 8 nitrogen and oxygen atoms in total. The molecule has 10 heteroatoms. The topological polar surface area (TPSA) is 115 Å². The van der Waals surface area contributed by atoms with Crippen LogP contribution >= 0.6 is 0 Å². The molecule has 0 amide bonds. The fourth-order valence-electron chi connectivity index (χ4n) is 2.50. The Bertz CT molecular complexity index is 770. The summed E-state index contributed by atoms with van der Waals surface area (Å²) >= 11 is 0. The summed E-state index contributed by atoms with van der Waals surface area (Å²) in [6.07, 6.45) is 0.266. The first-order chi connectivity index (χ1) is 10.2. The van der Waals surface area contributed by atoms with Crippen molar-refractivity contribution in [2.45, 2.75) is 24.3 Å². The number of non-ortho nitro benzene ring substituents is 1. The summed E-state index contributed by atoms with van der Waals surface area (Å²) in [5, 5.41) is 10.6. The third-order valence-electron chi connectivity index (χ3n) is 3.58. The highest BCUT2D eigenvalue weighted by Crippen LogP contribution is 2.25. The molecule has 1 aromatic carbocycles. The fraction of sp³-hybridized carbons (Fsp3) is 0.500. The highest BCUT2D eigenvalue weighted by atomic mass is 32.2. The molecule has 1 aliphatic heterocycles. The van der Waals surface area contributed by atoms with Gasteiger partial charge in [0.1, 0.15) is 0 Å². The smallest absolute Gasteiger partial charge is 0.258 e. The Kier molecular flexibility index (Phi) is 4.54. The highest BCUT2D eigenvalue weighted by molar-refractivity contribution is 7.92. The Morgan fingerprint density at radius 1 is 1.32 bits per heavy atom. The Hall–Kier alpha value is -1.52. The summed E-state index contributed by atoms with van der Waals surface area (Å²) < 4.78 is 49.5. The van der Waals surface area contributed by atoms with Gasteiger partial charge in [-0.2, -0.15) is 4.31 Å². The van der Waals surface area contributed by atoms with E-state index < -0.39 is 30.8 Å². The second kappa shape index (κ2) is 5.94. The molecule has 1 aromatic rings. The minimum atomic E-state index is -3.88. The van der Waals surface area contributed by atoms with Crippen LogP contribution < -0.4 is 0 Å². The number of rotatable bonds is 5. The Morgan fingerprint density at radius 2 is 1.91 bits per heavy atom. The van der Waals surface area contributed by atoms with Crippen molar-refractivity contribution in [3.8, 4) is 0 Å². The van der Waals surface area contributed by atoms with Crippen molar-refractivity contribution in [2.75, 3.05) is 18.1 Å². The van der Waals surface area contributed by atoms with Gasteiger partial charge in [-0.25, -0.2) is 16.8 Å². The van der Waals surface area contributed by atoms with Crippen molar-refractivity contribution in [1.29, 1.82) is 0 Å². The van der Waals surface area contributed by atoms with Crippen molar-refractivity contribution in [3.63, 3.8) is 0 Å². The summed E-state index contributed by atoms with van der Waals surface area (Å²) in [5.74, 6) is -0.211.